The Labute approximate surface area is 254 Å². The lowest BCUT2D eigenvalue weighted by Crippen LogP contribution is -2.53. The lowest BCUT2D eigenvalue weighted by atomic mass is 10.0. The Morgan fingerprint density at radius 1 is 1.07 bits per heavy atom. The molecule has 0 aliphatic heterocycles. The van der Waals surface area contributed by atoms with Gasteiger partial charge < -0.3 is 21.3 Å². The first-order valence-electron chi connectivity index (χ1n) is 12.5. The van der Waals surface area contributed by atoms with Gasteiger partial charge in [-0.2, -0.15) is 17.5 Å². The number of aliphatic hydroxyl groups is 1. The van der Waals surface area contributed by atoms with Gasteiger partial charge in [0, 0.05) is 35.7 Å². The van der Waals surface area contributed by atoms with Crippen LogP contribution >= 0.6 is 22.6 Å². The van der Waals surface area contributed by atoms with Gasteiger partial charge in [-0.05, 0) is 70.3 Å². The first-order chi connectivity index (χ1) is 19.3. The van der Waals surface area contributed by atoms with Crippen molar-refractivity contribution in [2.24, 2.45) is 11.7 Å². The molecule has 236 valence electrons. The van der Waals surface area contributed by atoms with Crippen LogP contribution in [0.2, 0.25) is 0 Å². The number of amides is 1. The molecule has 0 saturated carbocycles. The van der Waals surface area contributed by atoms with Crippen LogP contribution in [-0.2, 0) is 32.6 Å². The summed E-state index contributed by atoms with van der Waals surface area (Å²) in [5, 5.41) is 21.3. The van der Waals surface area contributed by atoms with Crippen LogP contribution in [0.4, 0.5) is 22.0 Å². The Balaban J connectivity index is 0.00000112. The number of aliphatic carboxylic acids is 1. The van der Waals surface area contributed by atoms with Gasteiger partial charge in [0.25, 0.3) is 0 Å². The molecule has 0 saturated heterocycles. The number of carboxylic acid groups (broad SMARTS) is 1. The van der Waals surface area contributed by atoms with E-state index in [1.807, 2.05) is 24.3 Å². The number of nitrogens with two attached hydrogens (primary N) is 1. The fraction of sp³-hybridized carbons (Fsp3) is 0.462. The lowest BCUT2D eigenvalue weighted by molar-refractivity contribution is -0.192. The SMILES string of the molecule is CC(C)CS(=O)(=O)N(CCC(N)=O)[C@@H](Cc1cc(F)cc(F)c1)[C@H](O)CNCc1cccc(I)c1.O=C(O)C(F)(F)F. The largest absolute Gasteiger partial charge is 0.490 e. The molecule has 0 bridgehead atoms. The predicted octanol–water partition coefficient (Wildman–Crippen LogP) is 3.43. The van der Waals surface area contributed by atoms with Crippen molar-refractivity contribution in [3.8, 4) is 0 Å². The quantitative estimate of drug-likeness (QED) is 0.172. The predicted molar refractivity (Wildman–Crippen MR) is 154 cm³/mol. The standard InChI is InChI=1S/C24H32F2IN3O4S.C2HF3O2/c1-16(2)15-35(33,34)30(7-6-24(28)32)22(11-18-8-19(25)12-20(26)9-18)23(31)14-29-13-17-4-3-5-21(27)10-17;3-2(4,5)1(6)7/h3-5,8-10,12,16,22-23,29,31H,6-7,11,13-15H2,1-2H3,(H2,28,32);(H,6,7)/t22-,23+;/m0./s1. The first-order valence-corrected chi connectivity index (χ1v) is 15.2. The third kappa shape index (κ3) is 14.2. The molecule has 0 spiro atoms. The Hall–Kier alpha value is -2.41. The molecular weight excluding hydrogens is 704 g/mol. The second kappa shape index (κ2) is 17.0. The van der Waals surface area contributed by atoms with Crippen molar-refractivity contribution in [3.63, 3.8) is 0 Å². The van der Waals surface area contributed by atoms with E-state index in [-0.39, 0.29) is 43.2 Å². The number of carbonyl (C=O) groups is 2. The average Bonchev–Trinajstić information content (AvgIpc) is 2.81. The zero-order valence-corrected chi connectivity index (χ0v) is 25.7. The number of carbonyl (C=O) groups excluding carboxylic acids is 1. The van der Waals surface area contributed by atoms with E-state index in [1.165, 1.54) is 0 Å². The van der Waals surface area contributed by atoms with Gasteiger partial charge in [-0.15, -0.1) is 0 Å². The van der Waals surface area contributed by atoms with E-state index >= 15 is 0 Å². The Morgan fingerprint density at radius 2 is 1.64 bits per heavy atom. The summed E-state index contributed by atoms with van der Waals surface area (Å²) in [5.41, 5.74) is 6.44. The number of halogens is 6. The number of hydrogen-bond acceptors (Lipinski definition) is 6. The van der Waals surface area contributed by atoms with E-state index in [1.54, 1.807) is 13.8 Å². The van der Waals surface area contributed by atoms with Gasteiger partial charge in [0.15, 0.2) is 0 Å². The molecule has 2 atom stereocenters. The summed E-state index contributed by atoms with van der Waals surface area (Å²) in [6, 6.07) is 9.58. The number of carboxylic acids is 1. The summed E-state index contributed by atoms with van der Waals surface area (Å²) in [4.78, 5) is 20.4. The van der Waals surface area contributed by atoms with Gasteiger partial charge in [0.2, 0.25) is 15.9 Å². The van der Waals surface area contributed by atoms with E-state index in [4.69, 9.17) is 15.6 Å². The average molecular weight is 738 g/mol. The molecule has 1 amide bonds. The number of benzene rings is 2. The molecule has 16 heteroatoms. The minimum absolute atomic E-state index is 0.0121. The van der Waals surface area contributed by atoms with Crippen LogP contribution in [0.5, 0.6) is 0 Å². The Bertz CT molecular complexity index is 1280. The molecule has 0 aliphatic carbocycles. The first kappa shape index (κ1) is 37.6. The third-order valence-electron chi connectivity index (χ3n) is 5.48. The van der Waals surface area contributed by atoms with E-state index in [0.29, 0.717) is 6.54 Å². The number of hydrogen-bond donors (Lipinski definition) is 4. The molecule has 9 nitrogen and oxygen atoms in total. The minimum Gasteiger partial charge on any atom is -0.475 e. The lowest BCUT2D eigenvalue weighted by Gasteiger charge is -2.35. The summed E-state index contributed by atoms with van der Waals surface area (Å²) >= 11 is 2.19. The van der Waals surface area contributed by atoms with Gasteiger partial charge in [0.1, 0.15) is 11.6 Å². The monoisotopic (exact) mass is 737 g/mol. The molecule has 0 fully saturated rings. The van der Waals surface area contributed by atoms with Crippen LogP contribution in [0.1, 0.15) is 31.4 Å². The normalized spacial score (nSPS) is 13.4. The van der Waals surface area contributed by atoms with Crippen LogP contribution < -0.4 is 11.1 Å². The molecule has 2 rings (SSSR count). The van der Waals surface area contributed by atoms with Gasteiger partial charge >= 0.3 is 12.1 Å². The maximum absolute atomic E-state index is 13.9. The molecule has 42 heavy (non-hydrogen) atoms. The molecule has 0 aliphatic rings. The topological polar surface area (TPSA) is 150 Å². The van der Waals surface area contributed by atoms with E-state index in [2.05, 4.69) is 27.9 Å². The highest BCUT2D eigenvalue weighted by molar-refractivity contribution is 14.1. The van der Waals surface area contributed by atoms with Crippen LogP contribution in [0.25, 0.3) is 0 Å². The molecule has 0 radical (unpaired) electrons. The maximum Gasteiger partial charge on any atom is 0.490 e. The second-order valence-corrected chi connectivity index (χ2v) is 12.9. The number of alkyl halides is 3. The van der Waals surface area contributed by atoms with Crippen LogP contribution in [-0.4, -0.2) is 72.0 Å². The molecule has 0 aromatic heterocycles. The smallest absolute Gasteiger partial charge is 0.475 e. The number of nitrogens with zero attached hydrogens (tertiary/aromatic N) is 1. The maximum atomic E-state index is 13.9. The summed E-state index contributed by atoms with van der Waals surface area (Å²) in [6.07, 6.45) is -6.73. The van der Waals surface area contributed by atoms with Crippen molar-refractivity contribution in [2.45, 2.75) is 51.6 Å². The van der Waals surface area contributed by atoms with Crippen molar-refractivity contribution in [2.75, 3.05) is 18.8 Å². The van der Waals surface area contributed by atoms with Gasteiger partial charge in [-0.25, -0.2) is 22.0 Å². The molecule has 5 N–H and O–H groups in total. The minimum atomic E-state index is -5.08. The summed E-state index contributed by atoms with van der Waals surface area (Å²) in [7, 11) is -3.94. The zero-order chi connectivity index (χ0) is 32.3. The number of primary amides is 1. The molecular formula is C26H33F5IN3O6S. The van der Waals surface area contributed by atoms with Crippen molar-refractivity contribution in [1.29, 1.82) is 0 Å². The highest BCUT2D eigenvalue weighted by Crippen LogP contribution is 2.21. The summed E-state index contributed by atoms with van der Waals surface area (Å²) < 4.78 is 88.0. The highest BCUT2D eigenvalue weighted by Gasteiger charge is 2.38. The Kier molecular flexibility index (Phi) is 15.2. The zero-order valence-electron chi connectivity index (χ0n) is 22.7. The number of rotatable bonds is 14. The Morgan fingerprint density at radius 3 is 2.12 bits per heavy atom. The van der Waals surface area contributed by atoms with E-state index < -0.39 is 51.9 Å². The summed E-state index contributed by atoms with van der Waals surface area (Å²) in [5.74, 6) is -5.51. The molecule has 0 heterocycles. The van der Waals surface area contributed by atoms with E-state index in [0.717, 1.165) is 31.6 Å². The fourth-order valence-electron chi connectivity index (χ4n) is 3.80. The summed E-state index contributed by atoms with van der Waals surface area (Å²) in [6.45, 7) is 3.66. The number of sulfonamides is 1. The highest BCUT2D eigenvalue weighted by atomic mass is 127. The van der Waals surface area contributed by atoms with Crippen molar-refractivity contribution >= 4 is 44.5 Å². The molecule has 2 aromatic rings. The van der Waals surface area contributed by atoms with Gasteiger partial charge in [-0.1, -0.05) is 26.0 Å². The van der Waals surface area contributed by atoms with E-state index in [9.17, 15) is 40.3 Å². The van der Waals surface area contributed by atoms with Crippen LogP contribution in [0.3, 0.4) is 0 Å². The van der Waals surface area contributed by atoms with Gasteiger partial charge in [-0.3, -0.25) is 4.79 Å². The van der Waals surface area contributed by atoms with Crippen LogP contribution in [0.15, 0.2) is 42.5 Å². The fourth-order valence-corrected chi connectivity index (χ4v) is 6.43. The third-order valence-corrected chi connectivity index (χ3v) is 8.40. The van der Waals surface area contributed by atoms with Gasteiger partial charge in [0.05, 0.1) is 17.9 Å². The van der Waals surface area contributed by atoms with Crippen molar-refractivity contribution < 1.29 is 50.2 Å². The second-order valence-electron chi connectivity index (χ2n) is 9.68. The number of nitrogens with one attached hydrogen (secondary N) is 1. The molecule has 2 aromatic carbocycles. The number of aliphatic hydroxyl groups excluding tert-OH is 1. The van der Waals surface area contributed by atoms with Crippen molar-refractivity contribution in [3.05, 3.63) is 68.8 Å². The van der Waals surface area contributed by atoms with Crippen LogP contribution in [0, 0.1) is 21.1 Å². The molecule has 0 unspecified atom stereocenters. The van der Waals surface area contributed by atoms with Crippen molar-refractivity contribution in [1.82, 2.24) is 9.62 Å².